The molecule has 2 aromatic rings. The Labute approximate surface area is 126 Å². The molecule has 0 radical (unpaired) electrons. The zero-order valence-corrected chi connectivity index (χ0v) is 13.3. The van der Waals surface area contributed by atoms with Gasteiger partial charge in [-0.15, -0.1) is 0 Å². The molecule has 1 heterocycles. The van der Waals surface area contributed by atoms with Gasteiger partial charge in [0.1, 0.15) is 0 Å². The van der Waals surface area contributed by atoms with Crippen LogP contribution in [0.15, 0.2) is 24.5 Å². The lowest BCUT2D eigenvalue weighted by Gasteiger charge is -2.16. The number of aryl methyl sites for hydroxylation is 1. The van der Waals surface area contributed by atoms with Crippen molar-refractivity contribution in [2.75, 3.05) is 6.54 Å². The maximum Gasteiger partial charge on any atom is 0.0997 e. The maximum atomic E-state index is 6.44. The number of imidazole rings is 1. The SMILES string of the molecule is CCCNC(C)c1ccc(-n2cnc(C)c2C)cc1Cl. The summed E-state index contributed by atoms with van der Waals surface area (Å²) in [6, 6.07) is 6.47. The van der Waals surface area contributed by atoms with E-state index in [9.17, 15) is 0 Å². The van der Waals surface area contributed by atoms with E-state index >= 15 is 0 Å². The molecule has 108 valence electrons. The molecule has 1 unspecified atom stereocenters. The van der Waals surface area contributed by atoms with Crippen LogP contribution >= 0.6 is 11.6 Å². The van der Waals surface area contributed by atoms with Gasteiger partial charge in [0.15, 0.2) is 0 Å². The van der Waals surface area contributed by atoms with E-state index in [1.165, 1.54) is 0 Å². The lowest BCUT2D eigenvalue weighted by Crippen LogP contribution is -2.19. The first-order valence-electron chi connectivity index (χ1n) is 7.08. The number of benzene rings is 1. The normalized spacial score (nSPS) is 12.7. The zero-order chi connectivity index (χ0) is 14.7. The van der Waals surface area contributed by atoms with E-state index in [1.807, 2.05) is 19.3 Å². The molecular formula is C16H22ClN3. The fourth-order valence-corrected chi connectivity index (χ4v) is 2.59. The Balaban J connectivity index is 2.28. The summed E-state index contributed by atoms with van der Waals surface area (Å²) in [5.74, 6) is 0. The van der Waals surface area contributed by atoms with Gasteiger partial charge in [0.2, 0.25) is 0 Å². The van der Waals surface area contributed by atoms with Crippen LogP contribution in [-0.2, 0) is 0 Å². The molecule has 3 nitrogen and oxygen atoms in total. The number of rotatable bonds is 5. The Kier molecular flexibility index (Phi) is 4.84. The highest BCUT2D eigenvalue weighted by atomic mass is 35.5. The topological polar surface area (TPSA) is 29.9 Å². The molecule has 0 amide bonds. The molecule has 0 bridgehead atoms. The van der Waals surface area contributed by atoms with E-state index in [-0.39, 0.29) is 6.04 Å². The monoisotopic (exact) mass is 291 g/mol. The summed E-state index contributed by atoms with van der Waals surface area (Å²) in [4.78, 5) is 4.33. The van der Waals surface area contributed by atoms with Crippen LogP contribution in [0.1, 0.15) is 43.3 Å². The predicted octanol–water partition coefficient (Wildman–Crippen LogP) is 4.20. The minimum atomic E-state index is 0.266. The van der Waals surface area contributed by atoms with Gasteiger partial charge in [0.25, 0.3) is 0 Å². The van der Waals surface area contributed by atoms with Crippen molar-refractivity contribution in [3.05, 3.63) is 46.5 Å². The molecule has 1 aromatic carbocycles. The van der Waals surface area contributed by atoms with Crippen molar-refractivity contribution in [1.82, 2.24) is 14.9 Å². The van der Waals surface area contributed by atoms with E-state index in [0.717, 1.165) is 40.6 Å². The van der Waals surface area contributed by atoms with Crippen molar-refractivity contribution in [1.29, 1.82) is 0 Å². The van der Waals surface area contributed by atoms with Crippen LogP contribution in [-0.4, -0.2) is 16.1 Å². The zero-order valence-electron chi connectivity index (χ0n) is 12.6. The third-order valence-corrected chi connectivity index (χ3v) is 4.01. The Morgan fingerprint density at radius 2 is 2.10 bits per heavy atom. The van der Waals surface area contributed by atoms with Crippen LogP contribution in [0, 0.1) is 13.8 Å². The molecule has 1 aromatic heterocycles. The van der Waals surface area contributed by atoms with Crippen molar-refractivity contribution < 1.29 is 0 Å². The first-order chi connectivity index (χ1) is 9.54. The first-order valence-corrected chi connectivity index (χ1v) is 7.46. The summed E-state index contributed by atoms with van der Waals surface area (Å²) in [7, 11) is 0. The Morgan fingerprint density at radius 1 is 1.35 bits per heavy atom. The summed E-state index contributed by atoms with van der Waals surface area (Å²) in [6.45, 7) is 9.38. The van der Waals surface area contributed by atoms with Gasteiger partial charge < -0.3 is 9.88 Å². The molecule has 0 aliphatic rings. The average molecular weight is 292 g/mol. The van der Waals surface area contributed by atoms with Gasteiger partial charge >= 0.3 is 0 Å². The fourth-order valence-electron chi connectivity index (χ4n) is 2.25. The Bertz CT molecular complexity index is 589. The Morgan fingerprint density at radius 3 is 2.65 bits per heavy atom. The highest BCUT2D eigenvalue weighted by molar-refractivity contribution is 6.31. The molecule has 1 atom stereocenters. The van der Waals surface area contributed by atoms with Crippen LogP contribution in [0.25, 0.3) is 5.69 Å². The smallest absolute Gasteiger partial charge is 0.0997 e. The number of hydrogen-bond acceptors (Lipinski definition) is 2. The molecular weight excluding hydrogens is 270 g/mol. The van der Waals surface area contributed by atoms with Crippen molar-refractivity contribution in [2.24, 2.45) is 0 Å². The van der Waals surface area contributed by atoms with Crippen LogP contribution < -0.4 is 5.32 Å². The second kappa shape index (κ2) is 6.42. The first kappa shape index (κ1) is 15.1. The van der Waals surface area contributed by atoms with E-state index in [2.05, 4.69) is 47.8 Å². The van der Waals surface area contributed by atoms with Crippen molar-refractivity contribution in [3.63, 3.8) is 0 Å². The highest BCUT2D eigenvalue weighted by Gasteiger charge is 2.11. The van der Waals surface area contributed by atoms with E-state index in [0.29, 0.717) is 0 Å². The second-order valence-corrected chi connectivity index (χ2v) is 5.57. The van der Waals surface area contributed by atoms with Crippen LogP contribution in [0.4, 0.5) is 0 Å². The number of aromatic nitrogens is 2. The van der Waals surface area contributed by atoms with Gasteiger partial charge in [-0.25, -0.2) is 4.98 Å². The second-order valence-electron chi connectivity index (χ2n) is 5.17. The minimum Gasteiger partial charge on any atom is -0.310 e. The molecule has 4 heteroatoms. The Hall–Kier alpha value is -1.32. The number of hydrogen-bond donors (Lipinski definition) is 1. The van der Waals surface area contributed by atoms with Crippen molar-refractivity contribution >= 4 is 11.6 Å². The van der Waals surface area contributed by atoms with Gasteiger partial charge in [-0.2, -0.15) is 0 Å². The molecule has 0 spiro atoms. The van der Waals surface area contributed by atoms with Gasteiger partial charge in [-0.1, -0.05) is 24.6 Å². The molecule has 2 rings (SSSR count). The molecule has 20 heavy (non-hydrogen) atoms. The van der Waals surface area contributed by atoms with Crippen molar-refractivity contribution in [3.8, 4) is 5.69 Å². The van der Waals surface area contributed by atoms with Gasteiger partial charge in [-0.3, -0.25) is 0 Å². The number of nitrogens with zero attached hydrogens (tertiary/aromatic N) is 2. The largest absolute Gasteiger partial charge is 0.310 e. The van der Waals surface area contributed by atoms with Crippen LogP contribution in [0.3, 0.4) is 0 Å². The lowest BCUT2D eigenvalue weighted by atomic mass is 10.1. The fraction of sp³-hybridized carbons (Fsp3) is 0.438. The minimum absolute atomic E-state index is 0.266. The summed E-state index contributed by atoms with van der Waals surface area (Å²) in [6.07, 6.45) is 2.96. The number of nitrogens with one attached hydrogen (secondary N) is 1. The van der Waals surface area contributed by atoms with E-state index < -0.39 is 0 Å². The van der Waals surface area contributed by atoms with Crippen LogP contribution in [0.2, 0.25) is 5.02 Å². The average Bonchev–Trinajstić information content (AvgIpc) is 2.76. The summed E-state index contributed by atoms with van der Waals surface area (Å²) >= 11 is 6.44. The standard InChI is InChI=1S/C16H22ClN3/c1-5-8-18-12(3)15-7-6-14(9-16(15)17)20-10-19-11(2)13(20)4/h6-7,9-10,12,18H,5,8H2,1-4H3. The lowest BCUT2D eigenvalue weighted by molar-refractivity contribution is 0.571. The van der Waals surface area contributed by atoms with Gasteiger partial charge in [0, 0.05) is 22.4 Å². The molecule has 0 aliphatic heterocycles. The van der Waals surface area contributed by atoms with Gasteiger partial charge in [0.05, 0.1) is 12.0 Å². The maximum absolute atomic E-state index is 6.44. The molecule has 0 fully saturated rings. The van der Waals surface area contributed by atoms with Crippen LogP contribution in [0.5, 0.6) is 0 Å². The third-order valence-electron chi connectivity index (χ3n) is 3.68. The predicted molar refractivity (Wildman–Crippen MR) is 84.8 cm³/mol. The van der Waals surface area contributed by atoms with Gasteiger partial charge in [-0.05, 0) is 51.4 Å². The molecule has 1 N–H and O–H groups in total. The summed E-state index contributed by atoms with van der Waals surface area (Å²) < 4.78 is 2.06. The molecule has 0 aliphatic carbocycles. The summed E-state index contributed by atoms with van der Waals surface area (Å²) in [5.41, 5.74) is 4.38. The number of halogens is 1. The third kappa shape index (κ3) is 3.05. The molecule has 0 saturated carbocycles. The molecule has 0 saturated heterocycles. The quantitative estimate of drug-likeness (QED) is 0.894. The van der Waals surface area contributed by atoms with E-state index in [4.69, 9.17) is 11.6 Å². The summed E-state index contributed by atoms with van der Waals surface area (Å²) in [5, 5.41) is 4.26. The van der Waals surface area contributed by atoms with E-state index in [1.54, 1.807) is 0 Å². The van der Waals surface area contributed by atoms with Crippen molar-refractivity contribution in [2.45, 2.75) is 40.2 Å². The highest BCUT2D eigenvalue weighted by Crippen LogP contribution is 2.26.